The summed E-state index contributed by atoms with van der Waals surface area (Å²) >= 11 is 1.94. The Balaban J connectivity index is 1.79. The number of hydrogen-bond donors (Lipinski definition) is 1. The maximum Gasteiger partial charge on any atom is 0.185 e. The van der Waals surface area contributed by atoms with Crippen molar-refractivity contribution in [2.45, 2.75) is 58.9 Å². The molecule has 3 rings (SSSR count). The van der Waals surface area contributed by atoms with Crippen LogP contribution in [0, 0.1) is 11.3 Å². The van der Waals surface area contributed by atoms with Gasteiger partial charge in [0.2, 0.25) is 0 Å². The van der Waals surface area contributed by atoms with Crippen LogP contribution in [-0.4, -0.2) is 25.1 Å². The largest absolute Gasteiger partial charge is 0.348 e. The van der Waals surface area contributed by atoms with Crippen molar-refractivity contribution in [1.82, 2.24) is 10.3 Å². The van der Waals surface area contributed by atoms with Gasteiger partial charge in [-0.3, -0.25) is 0 Å². The lowest BCUT2D eigenvalue weighted by Gasteiger charge is -2.34. The molecule has 1 aliphatic heterocycles. The van der Waals surface area contributed by atoms with Gasteiger partial charge in [0.15, 0.2) is 5.13 Å². The predicted octanol–water partition coefficient (Wildman–Crippen LogP) is 4.00. The molecule has 3 nitrogen and oxygen atoms in total. The van der Waals surface area contributed by atoms with Gasteiger partial charge in [0.25, 0.3) is 0 Å². The second-order valence-electron chi connectivity index (χ2n) is 7.58. The number of thiazole rings is 1. The lowest BCUT2D eigenvalue weighted by atomic mass is 9.76. The van der Waals surface area contributed by atoms with Gasteiger partial charge in [0.1, 0.15) is 0 Å². The van der Waals surface area contributed by atoms with Gasteiger partial charge in [-0.15, -0.1) is 0 Å². The van der Waals surface area contributed by atoms with Gasteiger partial charge in [0.05, 0.1) is 5.69 Å². The third kappa shape index (κ3) is 3.11. The van der Waals surface area contributed by atoms with E-state index in [0.717, 1.165) is 12.3 Å². The molecule has 21 heavy (non-hydrogen) atoms. The molecule has 0 bridgehead atoms. The highest BCUT2D eigenvalue weighted by Gasteiger charge is 2.35. The van der Waals surface area contributed by atoms with Crippen LogP contribution in [0.5, 0.6) is 0 Å². The van der Waals surface area contributed by atoms with Gasteiger partial charge >= 0.3 is 0 Å². The fraction of sp³-hybridized carbons (Fsp3) is 0.824. The molecule has 1 aromatic rings. The fourth-order valence-corrected chi connectivity index (χ4v) is 5.17. The summed E-state index contributed by atoms with van der Waals surface area (Å²) in [6, 6.07) is 0.490. The summed E-state index contributed by atoms with van der Waals surface area (Å²) in [5.41, 5.74) is 1.71. The van der Waals surface area contributed by atoms with Crippen LogP contribution in [0.15, 0.2) is 0 Å². The molecule has 1 aromatic heterocycles. The minimum Gasteiger partial charge on any atom is -0.348 e. The Bertz CT molecular complexity index is 494. The topological polar surface area (TPSA) is 28.2 Å². The summed E-state index contributed by atoms with van der Waals surface area (Å²) in [6.07, 6.45) is 6.37. The smallest absolute Gasteiger partial charge is 0.185 e. The zero-order valence-corrected chi connectivity index (χ0v) is 14.7. The average molecular weight is 308 g/mol. The molecule has 2 unspecified atom stereocenters. The molecule has 1 N–H and O–H groups in total. The minimum atomic E-state index is 0.363. The molecular formula is C17H29N3S. The van der Waals surface area contributed by atoms with Crippen LogP contribution in [0.25, 0.3) is 0 Å². The van der Waals surface area contributed by atoms with Gasteiger partial charge < -0.3 is 10.2 Å². The normalized spacial score (nSPS) is 27.9. The molecule has 0 radical (unpaired) electrons. The van der Waals surface area contributed by atoms with Crippen LogP contribution >= 0.6 is 11.3 Å². The minimum absolute atomic E-state index is 0.363. The van der Waals surface area contributed by atoms with E-state index >= 15 is 0 Å². The van der Waals surface area contributed by atoms with Gasteiger partial charge in [-0.05, 0) is 44.1 Å². The molecule has 118 valence electrons. The number of aromatic nitrogens is 1. The summed E-state index contributed by atoms with van der Waals surface area (Å²) < 4.78 is 0. The van der Waals surface area contributed by atoms with E-state index in [2.05, 4.69) is 38.0 Å². The number of anilines is 1. The van der Waals surface area contributed by atoms with Crippen molar-refractivity contribution in [3.8, 4) is 0 Å². The Labute approximate surface area is 133 Å². The Morgan fingerprint density at radius 3 is 2.95 bits per heavy atom. The van der Waals surface area contributed by atoms with E-state index in [1.54, 1.807) is 0 Å². The molecule has 1 saturated heterocycles. The van der Waals surface area contributed by atoms with Crippen LogP contribution < -0.4 is 10.2 Å². The number of nitrogens with zero attached hydrogens (tertiary/aromatic N) is 2. The van der Waals surface area contributed by atoms with Crippen LogP contribution in [-0.2, 0) is 6.42 Å². The molecule has 2 atom stereocenters. The van der Waals surface area contributed by atoms with Crippen LogP contribution in [0.4, 0.5) is 5.13 Å². The molecule has 0 spiro atoms. The molecule has 0 saturated carbocycles. The van der Waals surface area contributed by atoms with Crippen molar-refractivity contribution in [2.24, 2.45) is 11.3 Å². The summed E-state index contributed by atoms with van der Waals surface area (Å²) in [5.74, 6) is 0.882. The van der Waals surface area contributed by atoms with E-state index in [9.17, 15) is 0 Å². The third-order valence-electron chi connectivity index (χ3n) is 5.04. The molecular weight excluding hydrogens is 278 g/mol. The van der Waals surface area contributed by atoms with E-state index in [4.69, 9.17) is 4.98 Å². The summed E-state index contributed by atoms with van der Waals surface area (Å²) in [5, 5.41) is 4.78. The SMILES string of the molecule is CCCC1CCN(c2nc3c(s2)C(NC)CC(C)(C)C3)C1. The molecule has 4 heteroatoms. The third-order valence-corrected chi connectivity index (χ3v) is 6.31. The van der Waals surface area contributed by atoms with Gasteiger partial charge in [-0.25, -0.2) is 4.98 Å². The second-order valence-corrected chi connectivity index (χ2v) is 8.59. The molecule has 2 aliphatic rings. The maximum absolute atomic E-state index is 5.03. The summed E-state index contributed by atoms with van der Waals surface area (Å²) in [4.78, 5) is 9.05. The Hall–Kier alpha value is -0.610. The van der Waals surface area contributed by atoms with E-state index in [-0.39, 0.29) is 0 Å². The van der Waals surface area contributed by atoms with E-state index < -0.39 is 0 Å². The van der Waals surface area contributed by atoms with Crippen molar-refractivity contribution in [3.05, 3.63) is 10.6 Å². The number of nitrogens with one attached hydrogen (secondary N) is 1. The van der Waals surface area contributed by atoms with Crippen LogP contribution in [0.1, 0.15) is 63.1 Å². The first kappa shape index (κ1) is 15.3. The average Bonchev–Trinajstić information content (AvgIpc) is 3.03. The van der Waals surface area contributed by atoms with E-state index in [1.165, 1.54) is 54.5 Å². The molecule has 2 heterocycles. The molecule has 1 fully saturated rings. The number of rotatable bonds is 4. The quantitative estimate of drug-likeness (QED) is 0.911. The monoisotopic (exact) mass is 307 g/mol. The summed E-state index contributed by atoms with van der Waals surface area (Å²) in [7, 11) is 2.09. The van der Waals surface area contributed by atoms with Crippen LogP contribution in [0.2, 0.25) is 0 Å². The zero-order valence-electron chi connectivity index (χ0n) is 13.9. The van der Waals surface area contributed by atoms with Crippen molar-refractivity contribution in [3.63, 3.8) is 0 Å². The molecule has 1 aliphatic carbocycles. The lowest BCUT2D eigenvalue weighted by Crippen LogP contribution is -2.30. The first-order chi connectivity index (χ1) is 10.0. The van der Waals surface area contributed by atoms with Gasteiger partial charge in [-0.2, -0.15) is 0 Å². The van der Waals surface area contributed by atoms with Crippen molar-refractivity contribution in [2.75, 3.05) is 25.0 Å². The standard InChI is InChI=1S/C17H29N3S/c1-5-6-12-7-8-20(11-12)16-19-14-10-17(2,3)9-13(18-4)15(14)21-16/h12-13,18H,5-11H2,1-4H3. The highest BCUT2D eigenvalue weighted by molar-refractivity contribution is 7.15. The molecule has 0 aromatic carbocycles. The predicted molar refractivity (Wildman–Crippen MR) is 91.2 cm³/mol. The highest BCUT2D eigenvalue weighted by atomic mass is 32.1. The molecule has 0 amide bonds. The van der Waals surface area contributed by atoms with Gasteiger partial charge in [-0.1, -0.05) is 38.5 Å². The zero-order chi connectivity index (χ0) is 15.0. The Morgan fingerprint density at radius 1 is 1.43 bits per heavy atom. The van der Waals surface area contributed by atoms with Gasteiger partial charge in [0, 0.05) is 24.0 Å². The summed E-state index contributed by atoms with van der Waals surface area (Å²) in [6.45, 7) is 9.45. The first-order valence-corrected chi connectivity index (χ1v) is 9.26. The maximum atomic E-state index is 5.03. The Kier molecular flexibility index (Phi) is 4.28. The first-order valence-electron chi connectivity index (χ1n) is 8.44. The second kappa shape index (κ2) is 5.88. The van der Waals surface area contributed by atoms with Crippen molar-refractivity contribution < 1.29 is 0 Å². The lowest BCUT2D eigenvalue weighted by molar-refractivity contribution is 0.265. The fourth-order valence-electron chi connectivity index (χ4n) is 3.94. The highest BCUT2D eigenvalue weighted by Crippen LogP contribution is 2.45. The van der Waals surface area contributed by atoms with Crippen LogP contribution in [0.3, 0.4) is 0 Å². The van der Waals surface area contributed by atoms with Crippen molar-refractivity contribution in [1.29, 1.82) is 0 Å². The van der Waals surface area contributed by atoms with E-state index in [0.29, 0.717) is 11.5 Å². The number of hydrogen-bond acceptors (Lipinski definition) is 4. The van der Waals surface area contributed by atoms with E-state index in [1.807, 2.05) is 11.3 Å². The Morgan fingerprint density at radius 2 is 2.24 bits per heavy atom. The van der Waals surface area contributed by atoms with Crippen molar-refractivity contribution >= 4 is 16.5 Å². The number of fused-ring (bicyclic) bond motifs is 1.